The fourth-order valence-corrected chi connectivity index (χ4v) is 2.77. The van der Waals surface area contributed by atoms with Crippen LogP contribution in [-0.2, 0) is 0 Å². The lowest BCUT2D eigenvalue weighted by Gasteiger charge is -2.11. The molecule has 3 rings (SSSR count). The maximum atomic E-state index is 11.6. The SMILES string of the molecule is Cc1cnc(C(N)=O)c(-c2nc[nH]n2)c1-c1ccsc1. The van der Waals surface area contributed by atoms with Crippen LogP contribution in [-0.4, -0.2) is 26.1 Å². The van der Waals surface area contributed by atoms with Gasteiger partial charge in [0.2, 0.25) is 0 Å². The summed E-state index contributed by atoms with van der Waals surface area (Å²) >= 11 is 1.58. The molecule has 0 saturated carbocycles. The van der Waals surface area contributed by atoms with E-state index in [-0.39, 0.29) is 5.69 Å². The Hall–Kier alpha value is -2.54. The van der Waals surface area contributed by atoms with Crippen molar-refractivity contribution in [3.8, 4) is 22.5 Å². The van der Waals surface area contributed by atoms with E-state index >= 15 is 0 Å². The molecule has 0 aromatic carbocycles. The summed E-state index contributed by atoms with van der Waals surface area (Å²) in [5, 5.41) is 10.7. The summed E-state index contributed by atoms with van der Waals surface area (Å²) in [6.07, 6.45) is 3.10. The van der Waals surface area contributed by atoms with Crippen molar-refractivity contribution in [1.82, 2.24) is 20.2 Å². The first-order valence-corrected chi connectivity index (χ1v) is 6.81. The van der Waals surface area contributed by atoms with Gasteiger partial charge >= 0.3 is 0 Å². The molecule has 3 heterocycles. The molecule has 20 heavy (non-hydrogen) atoms. The second kappa shape index (κ2) is 4.86. The van der Waals surface area contributed by atoms with Gasteiger partial charge in [-0.2, -0.15) is 16.4 Å². The van der Waals surface area contributed by atoms with Crippen LogP contribution in [0.4, 0.5) is 0 Å². The molecule has 0 unspecified atom stereocenters. The standard InChI is InChI=1S/C13H11N5OS/c1-7-4-15-11(12(14)19)10(13-16-6-17-18-13)9(7)8-2-3-20-5-8/h2-6H,1H3,(H2,14,19)(H,16,17,18). The Morgan fingerprint density at radius 2 is 2.20 bits per heavy atom. The van der Waals surface area contributed by atoms with Crippen molar-refractivity contribution in [2.45, 2.75) is 6.92 Å². The van der Waals surface area contributed by atoms with Crippen LogP contribution in [0.3, 0.4) is 0 Å². The first-order valence-electron chi connectivity index (χ1n) is 5.86. The molecule has 0 saturated heterocycles. The van der Waals surface area contributed by atoms with Gasteiger partial charge in [0.15, 0.2) is 5.82 Å². The van der Waals surface area contributed by atoms with E-state index in [1.165, 1.54) is 6.33 Å². The number of hydrogen-bond donors (Lipinski definition) is 2. The number of rotatable bonds is 3. The number of aromatic amines is 1. The van der Waals surface area contributed by atoms with E-state index in [1.54, 1.807) is 17.5 Å². The van der Waals surface area contributed by atoms with E-state index < -0.39 is 5.91 Å². The number of aryl methyl sites for hydroxylation is 1. The van der Waals surface area contributed by atoms with E-state index in [2.05, 4.69) is 20.2 Å². The Labute approximate surface area is 118 Å². The summed E-state index contributed by atoms with van der Waals surface area (Å²) in [6.45, 7) is 1.93. The lowest BCUT2D eigenvalue weighted by Crippen LogP contribution is -2.16. The van der Waals surface area contributed by atoms with Crippen molar-refractivity contribution in [3.63, 3.8) is 0 Å². The van der Waals surface area contributed by atoms with E-state index in [1.807, 2.05) is 23.8 Å². The maximum absolute atomic E-state index is 11.6. The Kier molecular flexibility index (Phi) is 3.03. The van der Waals surface area contributed by atoms with Crippen molar-refractivity contribution in [2.24, 2.45) is 5.73 Å². The summed E-state index contributed by atoms with van der Waals surface area (Å²) in [4.78, 5) is 19.9. The number of thiophene rings is 1. The normalized spacial score (nSPS) is 10.7. The molecule has 3 N–H and O–H groups in total. The maximum Gasteiger partial charge on any atom is 0.268 e. The third-order valence-electron chi connectivity index (χ3n) is 2.95. The van der Waals surface area contributed by atoms with E-state index in [0.29, 0.717) is 11.4 Å². The Balaban J connectivity index is 2.38. The topological polar surface area (TPSA) is 97.5 Å². The second-order valence-corrected chi connectivity index (χ2v) is 5.02. The molecule has 0 spiro atoms. The number of H-pyrrole nitrogens is 1. The molecule has 7 heteroatoms. The van der Waals surface area contributed by atoms with Crippen LogP contribution in [0.1, 0.15) is 16.1 Å². The number of carbonyl (C=O) groups is 1. The fourth-order valence-electron chi connectivity index (χ4n) is 2.12. The average molecular weight is 285 g/mol. The predicted octanol–water partition coefficient (Wildman–Crippen LogP) is 2.00. The molecule has 0 radical (unpaired) electrons. The molecule has 1 amide bonds. The highest BCUT2D eigenvalue weighted by Crippen LogP contribution is 2.35. The number of carbonyl (C=O) groups excluding carboxylic acids is 1. The Morgan fingerprint density at radius 1 is 1.35 bits per heavy atom. The van der Waals surface area contributed by atoms with Crippen LogP contribution in [0.5, 0.6) is 0 Å². The van der Waals surface area contributed by atoms with Crippen molar-refractivity contribution in [3.05, 3.63) is 40.6 Å². The molecule has 0 aliphatic rings. The molecule has 3 aromatic heterocycles. The summed E-state index contributed by atoms with van der Waals surface area (Å²) in [5.41, 5.74) is 8.99. The third kappa shape index (κ3) is 1.97. The number of aromatic nitrogens is 4. The first kappa shape index (κ1) is 12.5. The molecule has 0 aliphatic heterocycles. The zero-order valence-corrected chi connectivity index (χ0v) is 11.4. The smallest absolute Gasteiger partial charge is 0.268 e. The summed E-state index contributed by atoms with van der Waals surface area (Å²) < 4.78 is 0. The van der Waals surface area contributed by atoms with Crippen LogP contribution < -0.4 is 5.73 Å². The summed E-state index contributed by atoms with van der Waals surface area (Å²) in [5.74, 6) is -0.183. The van der Waals surface area contributed by atoms with Crippen LogP contribution in [0.25, 0.3) is 22.5 Å². The molecule has 0 atom stereocenters. The molecule has 0 fully saturated rings. The lowest BCUT2D eigenvalue weighted by molar-refractivity contribution is 0.0996. The average Bonchev–Trinajstić information content (AvgIpc) is 3.11. The van der Waals surface area contributed by atoms with Gasteiger partial charge in [0, 0.05) is 11.8 Å². The quantitative estimate of drug-likeness (QED) is 0.769. The fraction of sp³-hybridized carbons (Fsp3) is 0.0769. The van der Waals surface area contributed by atoms with Gasteiger partial charge in [0.25, 0.3) is 5.91 Å². The molecule has 3 aromatic rings. The zero-order chi connectivity index (χ0) is 14.1. The van der Waals surface area contributed by atoms with Crippen LogP contribution in [0.2, 0.25) is 0 Å². The van der Waals surface area contributed by atoms with Crippen molar-refractivity contribution in [1.29, 1.82) is 0 Å². The van der Waals surface area contributed by atoms with E-state index in [4.69, 9.17) is 5.73 Å². The van der Waals surface area contributed by atoms with Gasteiger partial charge in [0.1, 0.15) is 12.0 Å². The lowest BCUT2D eigenvalue weighted by atomic mass is 9.96. The highest BCUT2D eigenvalue weighted by molar-refractivity contribution is 7.08. The first-order chi connectivity index (χ1) is 9.68. The second-order valence-electron chi connectivity index (χ2n) is 4.24. The number of nitrogens with zero attached hydrogens (tertiary/aromatic N) is 3. The zero-order valence-electron chi connectivity index (χ0n) is 10.6. The van der Waals surface area contributed by atoms with E-state index in [9.17, 15) is 4.79 Å². The van der Waals surface area contributed by atoms with Crippen molar-refractivity contribution >= 4 is 17.2 Å². The van der Waals surface area contributed by atoms with Crippen LogP contribution in [0, 0.1) is 6.92 Å². The molecule has 0 bridgehead atoms. The van der Waals surface area contributed by atoms with Crippen LogP contribution in [0.15, 0.2) is 29.4 Å². The van der Waals surface area contributed by atoms with Gasteiger partial charge in [-0.05, 0) is 34.9 Å². The predicted molar refractivity (Wildman–Crippen MR) is 76.2 cm³/mol. The Morgan fingerprint density at radius 3 is 2.80 bits per heavy atom. The molecular formula is C13H11N5OS. The monoisotopic (exact) mass is 285 g/mol. The number of primary amides is 1. The number of amides is 1. The minimum Gasteiger partial charge on any atom is -0.364 e. The summed E-state index contributed by atoms with van der Waals surface area (Å²) in [6, 6.07) is 1.98. The van der Waals surface area contributed by atoms with Gasteiger partial charge < -0.3 is 5.73 Å². The third-order valence-corrected chi connectivity index (χ3v) is 3.63. The highest BCUT2D eigenvalue weighted by atomic mass is 32.1. The minimum absolute atomic E-state index is 0.177. The van der Waals surface area contributed by atoms with Gasteiger partial charge in [-0.25, -0.2) is 9.97 Å². The molecule has 0 aliphatic carbocycles. The molecule has 6 nitrogen and oxygen atoms in total. The largest absolute Gasteiger partial charge is 0.364 e. The number of pyridine rings is 1. The van der Waals surface area contributed by atoms with Gasteiger partial charge in [0.05, 0.1) is 5.56 Å². The van der Waals surface area contributed by atoms with E-state index in [0.717, 1.165) is 16.7 Å². The van der Waals surface area contributed by atoms with Crippen molar-refractivity contribution < 1.29 is 4.79 Å². The number of nitrogens with two attached hydrogens (primary N) is 1. The minimum atomic E-state index is -0.596. The highest BCUT2D eigenvalue weighted by Gasteiger charge is 2.21. The number of nitrogens with one attached hydrogen (secondary N) is 1. The molecular weight excluding hydrogens is 274 g/mol. The van der Waals surface area contributed by atoms with Gasteiger partial charge in [-0.15, -0.1) is 0 Å². The van der Waals surface area contributed by atoms with Gasteiger partial charge in [-0.1, -0.05) is 0 Å². The van der Waals surface area contributed by atoms with Crippen LogP contribution >= 0.6 is 11.3 Å². The number of hydrogen-bond acceptors (Lipinski definition) is 5. The molecule has 100 valence electrons. The summed E-state index contributed by atoms with van der Waals surface area (Å²) in [7, 11) is 0. The Bertz CT molecular complexity index is 749. The van der Waals surface area contributed by atoms with Crippen molar-refractivity contribution in [2.75, 3.05) is 0 Å². The van der Waals surface area contributed by atoms with Gasteiger partial charge in [-0.3, -0.25) is 9.89 Å².